The Labute approximate surface area is 116 Å². The van der Waals surface area contributed by atoms with Crippen molar-refractivity contribution in [1.82, 2.24) is 15.5 Å². The molecule has 3 rings (SSSR count). The summed E-state index contributed by atoms with van der Waals surface area (Å²) >= 11 is 3.97. The number of rotatable bonds is 2. The average Bonchev–Trinajstić information content (AvgIpc) is 2.98. The zero-order valence-corrected chi connectivity index (χ0v) is 12.4. The Morgan fingerprint density at radius 2 is 2.11 bits per heavy atom. The molecule has 6 heteroatoms. The Kier molecular flexibility index (Phi) is 3.86. The predicted octanol–water partition coefficient (Wildman–Crippen LogP) is 2.44. The largest absolute Gasteiger partial charge is 0.339 e. The molecule has 4 atom stereocenters. The van der Waals surface area contributed by atoms with Crippen molar-refractivity contribution in [3.8, 4) is 0 Å². The van der Waals surface area contributed by atoms with Crippen LogP contribution in [-0.4, -0.2) is 39.5 Å². The summed E-state index contributed by atoms with van der Waals surface area (Å²) in [5.74, 6) is 4.53. The number of thioether (sulfide) groups is 2. The predicted molar refractivity (Wildman–Crippen MR) is 76.2 cm³/mol. The molecule has 2 fully saturated rings. The van der Waals surface area contributed by atoms with Gasteiger partial charge in [-0.3, -0.25) is 0 Å². The van der Waals surface area contributed by atoms with Gasteiger partial charge in [-0.25, -0.2) is 0 Å². The van der Waals surface area contributed by atoms with Gasteiger partial charge in [0, 0.05) is 22.8 Å². The van der Waals surface area contributed by atoms with E-state index in [-0.39, 0.29) is 0 Å². The summed E-state index contributed by atoms with van der Waals surface area (Å²) in [4.78, 5) is 4.66. The highest BCUT2D eigenvalue weighted by molar-refractivity contribution is 8.06. The Hall–Kier alpha value is -0.200. The normalized spacial score (nSPS) is 37.0. The summed E-state index contributed by atoms with van der Waals surface area (Å²) in [6.07, 6.45) is 1.10. The van der Waals surface area contributed by atoms with Crippen LogP contribution < -0.4 is 5.32 Å². The van der Waals surface area contributed by atoms with Crippen LogP contribution in [0.3, 0.4) is 0 Å². The molecule has 0 bridgehead atoms. The molecule has 2 aliphatic rings. The number of hydrogen-bond acceptors (Lipinski definition) is 6. The Bertz CT molecular complexity index is 412. The quantitative estimate of drug-likeness (QED) is 0.901. The van der Waals surface area contributed by atoms with Crippen molar-refractivity contribution in [1.29, 1.82) is 0 Å². The second-order valence-corrected chi connectivity index (χ2v) is 7.73. The van der Waals surface area contributed by atoms with Gasteiger partial charge in [-0.2, -0.15) is 16.7 Å². The van der Waals surface area contributed by atoms with Crippen molar-refractivity contribution >= 4 is 23.5 Å². The third kappa shape index (κ3) is 2.42. The standard InChI is InChI=1S/C12H19N3OS2/c1-7-9(3-4-13-7)12-14-11(15-16-12)10-8(2)17-5-6-18-10/h7-10,13H,3-6H2,1-2H3. The second-order valence-electron chi connectivity index (χ2n) is 5.00. The molecule has 1 aromatic heterocycles. The second kappa shape index (κ2) is 5.43. The summed E-state index contributed by atoms with van der Waals surface area (Å²) in [5.41, 5.74) is 0. The first-order valence-electron chi connectivity index (χ1n) is 6.56. The number of nitrogens with zero attached hydrogens (tertiary/aromatic N) is 2. The van der Waals surface area contributed by atoms with Gasteiger partial charge in [-0.05, 0) is 19.9 Å². The molecule has 0 spiro atoms. The van der Waals surface area contributed by atoms with Crippen LogP contribution in [0, 0.1) is 0 Å². The SMILES string of the molecule is CC1NCCC1c1nc(C2SCCSC2C)no1. The van der Waals surface area contributed by atoms with Crippen LogP contribution >= 0.6 is 23.5 Å². The summed E-state index contributed by atoms with van der Waals surface area (Å²) in [6, 6.07) is 0.448. The fourth-order valence-corrected chi connectivity index (χ4v) is 5.31. The Morgan fingerprint density at radius 3 is 2.83 bits per heavy atom. The minimum absolute atomic E-state index is 0.391. The van der Waals surface area contributed by atoms with Crippen molar-refractivity contribution in [2.24, 2.45) is 0 Å². The first-order valence-corrected chi connectivity index (χ1v) is 8.65. The van der Waals surface area contributed by atoms with Gasteiger partial charge < -0.3 is 9.84 Å². The lowest BCUT2D eigenvalue weighted by atomic mass is 10.0. The molecule has 4 unspecified atom stereocenters. The van der Waals surface area contributed by atoms with Crippen LogP contribution in [0.25, 0.3) is 0 Å². The van der Waals surface area contributed by atoms with E-state index in [1.54, 1.807) is 0 Å². The number of nitrogens with one attached hydrogen (secondary N) is 1. The van der Waals surface area contributed by atoms with Crippen molar-refractivity contribution in [2.45, 2.75) is 42.7 Å². The lowest BCUT2D eigenvalue weighted by molar-refractivity contribution is 0.341. The van der Waals surface area contributed by atoms with Crippen LogP contribution in [0.1, 0.15) is 43.2 Å². The zero-order valence-electron chi connectivity index (χ0n) is 10.8. The monoisotopic (exact) mass is 285 g/mol. The maximum absolute atomic E-state index is 5.50. The molecule has 2 aliphatic heterocycles. The molecule has 1 aromatic rings. The highest BCUT2D eigenvalue weighted by atomic mass is 32.2. The van der Waals surface area contributed by atoms with Gasteiger partial charge in [0.15, 0.2) is 5.82 Å². The maximum atomic E-state index is 5.50. The fraction of sp³-hybridized carbons (Fsp3) is 0.833. The lowest BCUT2D eigenvalue weighted by Crippen LogP contribution is -2.22. The van der Waals surface area contributed by atoms with Gasteiger partial charge in [-0.1, -0.05) is 12.1 Å². The fourth-order valence-electron chi connectivity index (χ4n) is 2.63. The van der Waals surface area contributed by atoms with Crippen molar-refractivity contribution in [2.75, 3.05) is 18.1 Å². The molecule has 0 radical (unpaired) electrons. The molecular weight excluding hydrogens is 266 g/mol. The van der Waals surface area contributed by atoms with Crippen LogP contribution in [0.15, 0.2) is 4.52 Å². The van der Waals surface area contributed by atoms with Crippen LogP contribution in [0.4, 0.5) is 0 Å². The van der Waals surface area contributed by atoms with E-state index in [4.69, 9.17) is 4.52 Å². The molecule has 3 heterocycles. The first-order chi connectivity index (χ1) is 8.75. The van der Waals surface area contributed by atoms with E-state index in [0.29, 0.717) is 22.5 Å². The van der Waals surface area contributed by atoms with Crippen molar-refractivity contribution in [3.05, 3.63) is 11.7 Å². The van der Waals surface area contributed by atoms with Gasteiger partial charge in [-0.15, -0.1) is 11.8 Å². The summed E-state index contributed by atoms with van der Waals surface area (Å²) in [6.45, 7) is 5.50. The molecule has 2 saturated heterocycles. The van der Waals surface area contributed by atoms with Gasteiger partial charge in [0.25, 0.3) is 0 Å². The van der Waals surface area contributed by atoms with E-state index in [1.807, 2.05) is 23.5 Å². The van der Waals surface area contributed by atoms with Crippen LogP contribution in [0.5, 0.6) is 0 Å². The summed E-state index contributed by atoms with van der Waals surface area (Å²) in [7, 11) is 0. The first kappa shape index (κ1) is 12.8. The Balaban J connectivity index is 1.76. The highest BCUT2D eigenvalue weighted by Gasteiger charge is 2.33. The topological polar surface area (TPSA) is 51.0 Å². The minimum Gasteiger partial charge on any atom is -0.339 e. The molecule has 0 amide bonds. The minimum atomic E-state index is 0.391. The third-order valence-corrected chi connectivity index (χ3v) is 6.83. The molecule has 4 nitrogen and oxygen atoms in total. The van der Waals surface area contributed by atoms with E-state index < -0.39 is 0 Å². The summed E-state index contributed by atoms with van der Waals surface area (Å²) in [5, 5.41) is 8.62. The third-order valence-electron chi connectivity index (χ3n) is 3.74. The molecule has 0 saturated carbocycles. The van der Waals surface area contributed by atoms with Gasteiger partial charge in [0.1, 0.15) is 0 Å². The van der Waals surface area contributed by atoms with Crippen LogP contribution in [-0.2, 0) is 0 Å². The van der Waals surface area contributed by atoms with E-state index in [1.165, 1.54) is 11.5 Å². The molecule has 0 aromatic carbocycles. The van der Waals surface area contributed by atoms with Crippen molar-refractivity contribution < 1.29 is 4.52 Å². The van der Waals surface area contributed by atoms with E-state index >= 15 is 0 Å². The van der Waals surface area contributed by atoms with E-state index in [0.717, 1.165) is 24.7 Å². The molecular formula is C12H19N3OS2. The molecule has 18 heavy (non-hydrogen) atoms. The number of aromatic nitrogens is 2. The molecule has 100 valence electrons. The smallest absolute Gasteiger partial charge is 0.231 e. The Morgan fingerprint density at radius 1 is 1.28 bits per heavy atom. The van der Waals surface area contributed by atoms with Gasteiger partial charge >= 0.3 is 0 Å². The number of hydrogen-bond donors (Lipinski definition) is 1. The van der Waals surface area contributed by atoms with Gasteiger partial charge in [0.05, 0.1) is 11.2 Å². The van der Waals surface area contributed by atoms with E-state index in [2.05, 4.69) is 29.3 Å². The van der Waals surface area contributed by atoms with Crippen LogP contribution in [0.2, 0.25) is 0 Å². The highest BCUT2D eigenvalue weighted by Crippen LogP contribution is 2.41. The average molecular weight is 285 g/mol. The van der Waals surface area contributed by atoms with Gasteiger partial charge in [0.2, 0.25) is 5.89 Å². The molecule has 0 aliphatic carbocycles. The van der Waals surface area contributed by atoms with E-state index in [9.17, 15) is 0 Å². The maximum Gasteiger partial charge on any atom is 0.231 e. The summed E-state index contributed by atoms with van der Waals surface area (Å²) < 4.78 is 5.50. The lowest BCUT2D eigenvalue weighted by Gasteiger charge is -2.24. The zero-order chi connectivity index (χ0) is 12.5. The van der Waals surface area contributed by atoms with Crippen molar-refractivity contribution in [3.63, 3.8) is 0 Å². The molecule has 1 N–H and O–H groups in total.